The minimum atomic E-state index is -0.433. The zero-order valence-corrected chi connectivity index (χ0v) is 9.47. The second-order valence-electron chi connectivity index (χ2n) is 3.57. The maximum atomic E-state index is 11.6. The van der Waals surface area contributed by atoms with E-state index in [1.807, 2.05) is 0 Å². The van der Waals surface area contributed by atoms with Gasteiger partial charge in [0.1, 0.15) is 0 Å². The average Bonchev–Trinajstić information content (AvgIpc) is 3.04. The van der Waals surface area contributed by atoms with Crippen LogP contribution in [0.4, 0.5) is 0 Å². The highest BCUT2D eigenvalue weighted by Crippen LogP contribution is 2.19. The minimum Gasteiger partial charge on any atom is -0.465 e. The number of imidazole rings is 2. The summed E-state index contributed by atoms with van der Waals surface area (Å²) in [6.45, 7) is 0. The van der Waals surface area contributed by atoms with E-state index in [1.165, 1.54) is 13.3 Å². The summed E-state index contributed by atoms with van der Waals surface area (Å²) in [4.78, 5) is 30.0. The number of pyridine rings is 1. The van der Waals surface area contributed by atoms with Gasteiger partial charge in [-0.1, -0.05) is 0 Å². The Morgan fingerprint density at radius 3 is 2.89 bits per heavy atom. The third kappa shape index (κ3) is 1.53. The molecule has 0 amide bonds. The molecular formula is C11H9N5O2. The lowest BCUT2D eigenvalue weighted by Gasteiger charge is -1.98. The molecule has 0 atom stereocenters. The van der Waals surface area contributed by atoms with Gasteiger partial charge in [-0.05, 0) is 6.07 Å². The molecule has 3 aromatic heterocycles. The summed E-state index contributed by atoms with van der Waals surface area (Å²) in [5.74, 6) is 0.680. The highest BCUT2D eigenvalue weighted by Gasteiger charge is 2.15. The maximum Gasteiger partial charge on any atom is 0.340 e. The molecule has 0 radical (unpaired) electrons. The van der Waals surface area contributed by atoms with E-state index < -0.39 is 5.97 Å². The lowest BCUT2D eigenvalue weighted by molar-refractivity contribution is 0.0602. The monoisotopic (exact) mass is 243 g/mol. The number of nitrogens with one attached hydrogen (secondary N) is 2. The molecule has 7 nitrogen and oxygen atoms in total. The molecule has 0 bridgehead atoms. The van der Waals surface area contributed by atoms with Crippen molar-refractivity contribution in [1.82, 2.24) is 24.9 Å². The normalized spacial score (nSPS) is 10.7. The summed E-state index contributed by atoms with van der Waals surface area (Å²) >= 11 is 0. The lowest BCUT2D eigenvalue weighted by Crippen LogP contribution is -2.02. The van der Waals surface area contributed by atoms with Gasteiger partial charge in [0, 0.05) is 18.6 Å². The van der Waals surface area contributed by atoms with E-state index in [0.29, 0.717) is 28.4 Å². The summed E-state index contributed by atoms with van der Waals surface area (Å²) < 4.78 is 4.71. The fourth-order valence-corrected chi connectivity index (χ4v) is 1.70. The van der Waals surface area contributed by atoms with E-state index in [0.717, 1.165) is 0 Å². The van der Waals surface area contributed by atoms with Crippen molar-refractivity contribution in [2.75, 3.05) is 7.11 Å². The summed E-state index contributed by atoms with van der Waals surface area (Å²) in [7, 11) is 1.33. The van der Waals surface area contributed by atoms with Crippen LogP contribution in [0.2, 0.25) is 0 Å². The van der Waals surface area contributed by atoms with Gasteiger partial charge in [0.15, 0.2) is 17.3 Å². The number of methoxy groups -OCH3 is 1. The van der Waals surface area contributed by atoms with Crippen LogP contribution in [0.3, 0.4) is 0 Å². The van der Waals surface area contributed by atoms with Gasteiger partial charge < -0.3 is 14.7 Å². The topological polar surface area (TPSA) is 96.5 Å². The highest BCUT2D eigenvalue weighted by molar-refractivity contribution is 6.01. The quantitative estimate of drug-likeness (QED) is 0.658. The molecule has 0 aliphatic rings. The van der Waals surface area contributed by atoms with Crippen LogP contribution in [-0.4, -0.2) is 38.0 Å². The number of hydrogen-bond acceptors (Lipinski definition) is 5. The number of esters is 1. The molecule has 0 saturated carbocycles. The molecule has 0 unspecified atom stereocenters. The number of hydrogen-bond donors (Lipinski definition) is 2. The number of aromatic nitrogens is 5. The van der Waals surface area contributed by atoms with Gasteiger partial charge in [-0.3, -0.25) is 0 Å². The van der Waals surface area contributed by atoms with Crippen LogP contribution in [0.5, 0.6) is 0 Å². The first-order chi connectivity index (χ1) is 8.79. The fourth-order valence-electron chi connectivity index (χ4n) is 1.70. The van der Waals surface area contributed by atoms with E-state index >= 15 is 0 Å². The summed E-state index contributed by atoms with van der Waals surface area (Å²) in [5.41, 5.74) is 1.38. The number of ether oxygens (including phenoxy) is 1. The Hall–Kier alpha value is -2.70. The van der Waals surface area contributed by atoms with Gasteiger partial charge in [-0.2, -0.15) is 0 Å². The van der Waals surface area contributed by atoms with E-state index in [4.69, 9.17) is 4.74 Å². The number of nitrogens with zero attached hydrogens (tertiary/aromatic N) is 3. The second-order valence-corrected chi connectivity index (χ2v) is 3.57. The summed E-state index contributed by atoms with van der Waals surface area (Å²) in [5, 5.41) is 0. The largest absolute Gasteiger partial charge is 0.465 e. The van der Waals surface area contributed by atoms with Gasteiger partial charge in [0.2, 0.25) is 0 Å². The van der Waals surface area contributed by atoms with Gasteiger partial charge in [0.25, 0.3) is 0 Å². The molecule has 3 aromatic rings. The predicted octanol–water partition coefficient (Wildman–Crippen LogP) is 1.13. The van der Waals surface area contributed by atoms with Crippen molar-refractivity contribution < 1.29 is 9.53 Å². The molecule has 0 aromatic carbocycles. The Morgan fingerprint density at radius 1 is 1.28 bits per heavy atom. The van der Waals surface area contributed by atoms with Crippen LogP contribution >= 0.6 is 0 Å². The van der Waals surface area contributed by atoms with E-state index in [1.54, 1.807) is 18.5 Å². The second kappa shape index (κ2) is 3.95. The average molecular weight is 243 g/mol. The van der Waals surface area contributed by atoms with Gasteiger partial charge in [0.05, 0.1) is 18.2 Å². The standard InChI is InChI=1S/C11H9N5O2/c1-18-11(17)6-2-3-12-8-7(6)15-10(16-8)9-13-4-5-14-9/h2-5H,1H3,(H,13,14)(H,12,15,16). The fraction of sp³-hybridized carbons (Fsp3) is 0.0909. The molecule has 0 aliphatic carbocycles. The third-order valence-corrected chi connectivity index (χ3v) is 2.52. The van der Waals surface area contributed by atoms with Crippen molar-refractivity contribution in [2.45, 2.75) is 0 Å². The molecule has 18 heavy (non-hydrogen) atoms. The lowest BCUT2D eigenvalue weighted by atomic mass is 10.2. The Bertz CT molecular complexity index is 701. The predicted molar refractivity (Wildman–Crippen MR) is 62.8 cm³/mol. The van der Waals surface area contributed by atoms with Crippen LogP contribution in [0.1, 0.15) is 10.4 Å². The van der Waals surface area contributed by atoms with E-state index in [9.17, 15) is 4.79 Å². The molecule has 7 heteroatoms. The molecule has 0 fully saturated rings. The zero-order chi connectivity index (χ0) is 12.5. The van der Waals surface area contributed by atoms with Crippen molar-refractivity contribution >= 4 is 17.1 Å². The molecule has 90 valence electrons. The Morgan fingerprint density at radius 2 is 2.17 bits per heavy atom. The molecule has 0 saturated heterocycles. The molecule has 0 spiro atoms. The number of H-pyrrole nitrogens is 2. The van der Waals surface area contributed by atoms with Crippen molar-refractivity contribution in [2.24, 2.45) is 0 Å². The highest BCUT2D eigenvalue weighted by atomic mass is 16.5. The molecule has 3 rings (SSSR count). The van der Waals surface area contributed by atoms with Crippen molar-refractivity contribution in [3.8, 4) is 11.6 Å². The Balaban J connectivity index is 2.20. The van der Waals surface area contributed by atoms with Crippen LogP contribution in [0.15, 0.2) is 24.7 Å². The van der Waals surface area contributed by atoms with Crippen LogP contribution < -0.4 is 0 Å². The third-order valence-electron chi connectivity index (χ3n) is 2.52. The number of rotatable bonds is 2. The minimum absolute atomic E-state index is 0.396. The first-order valence-electron chi connectivity index (χ1n) is 5.22. The number of carbonyl (C=O) groups excluding carboxylic acids is 1. The SMILES string of the molecule is COC(=O)c1ccnc2nc(-c3ncc[nH]3)[nH]c12. The first kappa shape index (κ1) is 10.5. The molecule has 2 N–H and O–H groups in total. The van der Waals surface area contributed by atoms with Crippen molar-refractivity contribution in [3.05, 3.63) is 30.2 Å². The first-order valence-corrected chi connectivity index (χ1v) is 5.22. The number of fused-ring (bicyclic) bond motifs is 1. The number of aromatic amines is 2. The van der Waals surface area contributed by atoms with Crippen molar-refractivity contribution in [1.29, 1.82) is 0 Å². The van der Waals surface area contributed by atoms with Gasteiger partial charge in [-0.25, -0.2) is 19.7 Å². The van der Waals surface area contributed by atoms with Crippen LogP contribution in [-0.2, 0) is 4.74 Å². The van der Waals surface area contributed by atoms with E-state index in [2.05, 4.69) is 24.9 Å². The summed E-state index contributed by atoms with van der Waals surface area (Å²) in [6.07, 6.45) is 4.83. The van der Waals surface area contributed by atoms with E-state index in [-0.39, 0.29) is 0 Å². The van der Waals surface area contributed by atoms with Crippen LogP contribution in [0.25, 0.3) is 22.8 Å². The maximum absolute atomic E-state index is 11.6. The zero-order valence-electron chi connectivity index (χ0n) is 9.47. The van der Waals surface area contributed by atoms with Crippen molar-refractivity contribution in [3.63, 3.8) is 0 Å². The molecule has 0 aliphatic heterocycles. The number of carbonyl (C=O) groups is 1. The molecular weight excluding hydrogens is 234 g/mol. The smallest absolute Gasteiger partial charge is 0.340 e. The van der Waals surface area contributed by atoms with Crippen LogP contribution in [0, 0.1) is 0 Å². The summed E-state index contributed by atoms with van der Waals surface area (Å²) in [6, 6.07) is 1.58. The van der Waals surface area contributed by atoms with Gasteiger partial charge in [-0.15, -0.1) is 0 Å². The Labute approximate surface area is 101 Å². The van der Waals surface area contributed by atoms with Gasteiger partial charge >= 0.3 is 5.97 Å². The molecule has 3 heterocycles. The Kier molecular flexibility index (Phi) is 2.30.